The first-order chi connectivity index (χ1) is 7.93. The van der Waals surface area contributed by atoms with Gasteiger partial charge in [-0.05, 0) is 18.6 Å². The highest BCUT2D eigenvalue weighted by Gasteiger charge is 2.27. The van der Waals surface area contributed by atoms with Gasteiger partial charge >= 0.3 is 0 Å². The Morgan fingerprint density at radius 3 is 2.29 bits per heavy atom. The smallest absolute Gasteiger partial charge is 0.270 e. The summed E-state index contributed by atoms with van der Waals surface area (Å²) in [6.07, 6.45) is 0.240. The maximum atomic E-state index is 13.3. The van der Waals surface area contributed by atoms with E-state index in [1.54, 1.807) is 0 Å². The number of hydrogen-bond acceptors (Lipinski definition) is 3. The van der Waals surface area contributed by atoms with Crippen LogP contribution >= 0.6 is 0 Å². The van der Waals surface area contributed by atoms with Gasteiger partial charge in [-0.3, -0.25) is 0 Å². The zero-order chi connectivity index (χ0) is 13.1. The molecule has 1 N–H and O–H groups in total. The van der Waals surface area contributed by atoms with Crippen LogP contribution in [0.15, 0.2) is 12.1 Å². The van der Waals surface area contributed by atoms with Gasteiger partial charge in [0.1, 0.15) is 0 Å². The quantitative estimate of drug-likeness (QED) is 0.866. The molecule has 0 atom stereocenters. The Labute approximate surface area is 99.0 Å². The molecular formula is C12H16F2O3. The van der Waals surface area contributed by atoms with E-state index in [4.69, 9.17) is 14.6 Å². The second-order valence-corrected chi connectivity index (χ2v) is 3.73. The van der Waals surface area contributed by atoms with Gasteiger partial charge in [-0.1, -0.05) is 0 Å². The third-order valence-electron chi connectivity index (χ3n) is 2.44. The summed E-state index contributed by atoms with van der Waals surface area (Å²) < 4.78 is 36.7. The van der Waals surface area contributed by atoms with Gasteiger partial charge in [-0.15, -0.1) is 0 Å². The number of halogens is 2. The molecule has 0 bridgehead atoms. The van der Waals surface area contributed by atoms with E-state index in [0.717, 1.165) is 6.92 Å². The lowest BCUT2D eigenvalue weighted by molar-refractivity contribution is 0.0171. The van der Waals surface area contributed by atoms with Gasteiger partial charge < -0.3 is 14.6 Å². The average Bonchev–Trinajstić information content (AvgIpc) is 2.27. The third kappa shape index (κ3) is 3.06. The Hall–Kier alpha value is -1.36. The number of rotatable bonds is 5. The summed E-state index contributed by atoms with van der Waals surface area (Å²) in [7, 11) is 2.82. The number of ether oxygens (including phenoxy) is 2. The van der Waals surface area contributed by atoms with Crippen molar-refractivity contribution in [1.82, 2.24) is 0 Å². The molecule has 0 spiro atoms. The average molecular weight is 246 g/mol. The van der Waals surface area contributed by atoms with E-state index in [2.05, 4.69) is 0 Å². The second kappa shape index (κ2) is 5.31. The Kier molecular flexibility index (Phi) is 4.28. The predicted octanol–water partition coefficient (Wildman–Crippen LogP) is 2.35. The fourth-order valence-corrected chi connectivity index (χ4v) is 1.60. The van der Waals surface area contributed by atoms with Gasteiger partial charge in [0.2, 0.25) is 0 Å². The Morgan fingerprint density at radius 1 is 1.24 bits per heavy atom. The summed E-state index contributed by atoms with van der Waals surface area (Å²) in [5, 5.41) is 8.91. The van der Waals surface area contributed by atoms with E-state index in [-0.39, 0.29) is 24.3 Å². The second-order valence-electron chi connectivity index (χ2n) is 3.73. The molecule has 1 rings (SSSR count). The first-order valence-electron chi connectivity index (χ1n) is 5.18. The van der Waals surface area contributed by atoms with Gasteiger partial charge in [0.05, 0.1) is 14.2 Å². The first kappa shape index (κ1) is 13.7. The normalized spacial score (nSPS) is 11.4. The molecule has 0 amide bonds. The lowest BCUT2D eigenvalue weighted by Gasteiger charge is -2.17. The first-order valence-corrected chi connectivity index (χ1v) is 5.18. The predicted molar refractivity (Wildman–Crippen MR) is 59.9 cm³/mol. The van der Waals surface area contributed by atoms with E-state index in [0.29, 0.717) is 11.3 Å². The molecule has 1 aromatic carbocycles. The molecule has 0 radical (unpaired) electrons. The van der Waals surface area contributed by atoms with Crippen LogP contribution in [0.1, 0.15) is 18.1 Å². The van der Waals surface area contributed by atoms with E-state index in [1.165, 1.54) is 26.4 Å². The van der Waals surface area contributed by atoms with Gasteiger partial charge in [0.15, 0.2) is 11.5 Å². The summed E-state index contributed by atoms with van der Waals surface area (Å²) in [5.41, 5.74) is 0.351. The van der Waals surface area contributed by atoms with Crippen molar-refractivity contribution in [3.8, 4) is 11.5 Å². The minimum absolute atomic E-state index is 0.141. The molecule has 0 aliphatic rings. The van der Waals surface area contributed by atoms with Gasteiger partial charge in [0, 0.05) is 24.7 Å². The van der Waals surface area contributed by atoms with Crippen molar-refractivity contribution in [3.63, 3.8) is 0 Å². The molecule has 5 heteroatoms. The fourth-order valence-electron chi connectivity index (χ4n) is 1.60. The van der Waals surface area contributed by atoms with Crippen molar-refractivity contribution in [2.75, 3.05) is 20.8 Å². The minimum atomic E-state index is -2.95. The zero-order valence-electron chi connectivity index (χ0n) is 10.1. The standard InChI is InChI=1S/C12H16F2O3/c1-12(13,14)9-6-8(4-5-15)11(17-3)10(7-9)16-2/h6-7,15H,4-5H2,1-3H3. The van der Waals surface area contributed by atoms with Gasteiger partial charge in [-0.2, -0.15) is 0 Å². The molecule has 0 aliphatic carbocycles. The van der Waals surface area contributed by atoms with Crippen LogP contribution in [0.2, 0.25) is 0 Å². The SMILES string of the molecule is COc1cc(C(C)(F)F)cc(CCO)c1OC. The van der Waals surface area contributed by atoms with Crippen LogP contribution in [-0.2, 0) is 12.3 Å². The highest BCUT2D eigenvalue weighted by Crippen LogP contribution is 2.38. The summed E-state index contributed by atoms with van der Waals surface area (Å²) in [6.45, 7) is 0.676. The van der Waals surface area contributed by atoms with Crippen LogP contribution in [0, 0.1) is 0 Å². The summed E-state index contributed by atoms with van der Waals surface area (Å²) in [6, 6.07) is 2.58. The molecule has 96 valence electrons. The molecule has 1 aromatic rings. The number of aliphatic hydroxyl groups excluding tert-OH is 1. The van der Waals surface area contributed by atoms with Crippen LogP contribution < -0.4 is 9.47 Å². The van der Waals surface area contributed by atoms with Crippen LogP contribution in [0.5, 0.6) is 11.5 Å². The van der Waals surface area contributed by atoms with E-state index < -0.39 is 5.92 Å². The van der Waals surface area contributed by atoms with Crippen LogP contribution in [0.25, 0.3) is 0 Å². The molecule has 0 heterocycles. The maximum Gasteiger partial charge on any atom is 0.270 e. The Bertz CT molecular complexity index is 386. The lowest BCUT2D eigenvalue weighted by atomic mass is 10.0. The largest absolute Gasteiger partial charge is 0.493 e. The van der Waals surface area contributed by atoms with Crippen molar-refractivity contribution in [2.45, 2.75) is 19.3 Å². The highest BCUT2D eigenvalue weighted by atomic mass is 19.3. The van der Waals surface area contributed by atoms with Crippen molar-refractivity contribution in [1.29, 1.82) is 0 Å². The number of benzene rings is 1. The van der Waals surface area contributed by atoms with Gasteiger partial charge in [-0.25, -0.2) is 8.78 Å². The molecule has 3 nitrogen and oxygen atoms in total. The summed E-state index contributed by atoms with van der Waals surface area (Å²) in [4.78, 5) is 0. The third-order valence-corrected chi connectivity index (χ3v) is 2.44. The molecular weight excluding hydrogens is 230 g/mol. The molecule has 0 aliphatic heterocycles. The molecule has 0 saturated carbocycles. The van der Waals surface area contributed by atoms with Crippen LogP contribution in [-0.4, -0.2) is 25.9 Å². The summed E-state index contributed by atoms with van der Waals surface area (Å²) in [5.74, 6) is -2.33. The van der Waals surface area contributed by atoms with Gasteiger partial charge in [0.25, 0.3) is 5.92 Å². The zero-order valence-corrected chi connectivity index (χ0v) is 10.1. The van der Waals surface area contributed by atoms with E-state index in [1.807, 2.05) is 0 Å². The van der Waals surface area contributed by atoms with Crippen molar-refractivity contribution in [3.05, 3.63) is 23.3 Å². The molecule has 0 aromatic heterocycles. The highest BCUT2D eigenvalue weighted by molar-refractivity contribution is 5.50. The lowest BCUT2D eigenvalue weighted by Crippen LogP contribution is -2.09. The Morgan fingerprint density at radius 2 is 1.88 bits per heavy atom. The number of methoxy groups -OCH3 is 2. The summed E-state index contributed by atoms with van der Waals surface area (Å²) >= 11 is 0. The molecule has 0 fully saturated rings. The Balaban J connectivity index is 3.34. The van der Waals surface area contributed by atoms with Crippen molar-refractivity contribution >= 4 is 0 Å². The topological polar surface area (TPSA) is 38.7 Å². The number of aliphatic hydroxyl groups is 1. The molecule has 17 heavy (non-hydrogen) atoms. The molecule has 0 saturated heterocycles. The number of alkyl halides is 2. The maximum absolute atomic E-state index is 13.3. The van der Waals surface area contributed by atoms with Crippen molar-refractivity contribution < 1.29 is 23.4 Å². The van der Waals surface area contributed by atoms with E-state index >= 15 is 0 Å². The minimum Gasteiger partial charge on any atom is -0.493 e. The van der Waals surface area contributed by atoms with Crippen molar-refractivity contribution in [2.24, 2.45) is 0 Å². The number of hydrogen-bond donors (Lipinski definition) is 1. The van der Waals surface area contributed by atoms with Crippen LogP contribution in [0.4, 0.5) is 8.78 Å². The van der Waals surface area contributed by atoms with E-state index in [9.17, 15) is 8.78 Å². The molecule has 0 unspecified atom stereocenters. The van der Waals surface area contributed by atoms with Crippen LogP contribution in [0.3, 0.4) is 0 Å². The monoisotopic (exact) mass is 246 g/mol. The fraction of sp³-hybridized carbons (Fsp3) is 0.500.